The Morgan fingerprint density at radius 3 is 2.47 bits per heavy atom. The average molecular weight is 443 g/mol. The third-order valence-corrected chi connectivity index (χ3v) is 8.45. The van der Waals surface area contributed by atoms with Gasteiger partial charge in [-0.3, -0.25) is 4.79 Å². The van der Waals surface area contributed by atoms with E-state index in [2.05, 4.69) is 5.32 Å². The van der Waals surface area contributed by atoms with E-state index in [-0.39, 0.29) is 23.7 Å². The van der Waals surface area contributed by atoms with Crippen LogP contribution in [0.5, 0.6) is 0 Å². The summed E-state index contributed by atoms with van der Waals surface area (Å²) in [6, 6.07) is 18.9. The van der Waals surface area contributed by atoms with E-state index in [1.54, 1.807) is 29.6 Å². The van der Waals surface area contributed by atoms with Crippen LogP contribution >= 0.6 is 11.3 Å². The van der Waals surface area contributed by atoms with E-state index in [9.17, 15) is 18.3 Å². The van der Waals surface area contributed by atoms with Crippen molar-refractivity contribution in [2.24, 2.45) is 0 Å². The van der Waals surface area contributed by atoms with Crippen LogP contribution in [0.2, 0.25) is 0 Å². The SMILES string of the molecule is O=C(NCC(O)c1ccccc1)C1Cc2ccccc2CN1S(=O)(=O)c1cccs1. The molecule has 0 radical (unpaired) electrons. The van der Waals surface area contributed by atoms with Crippen molar-refractivity contribution in [3.8, 4) is 0 Å². The van der Waals surface area contributed by atoms with Crippen molar-refractivity contribution in [2.75, 3.05) is 6.54 Å². The van der Waals surface area contributed by atoms with Gasteiger partial charge in [-0.15, -0.1) is 11.3 Å². The van der Waals surface area contributed by atoms with E-state index < -0.39 is 28.1 Å². The lowest BCUT2D eigenvalue weighted by molar-refractivity contribution is -0.125. The second kappa shape index (κ2) is 8.69. The van der Waals surface area contributed by atoms with Crippen LogP contribution in [0.15, 0.2) is 76.3 Å². The summed E-state index contributed by atoms with van der Waals surface area (Å²) in [6.45, 7) is 0.142. The van der Waals surface area contributed by atoms with Gasteiger partial charge in [-0.1, -0.05) is 60.7 Å². The molecule has 6 nitrogen and oxygen atoms in total. The van der Waals surface area contributed by atoms with E-state index in [0.29, 0.717) is 5.56 Å². The summed E-state index contributed by atoms with van der Waals surface area (Å²) in [4.78, 5) is 13.0. The molecular formula is C22H22N2O4S2. The lowest BCUT2D eigenvalue weighted by atomic mass is 9.95. The van der Waals surface area contributed by atoms with E-state index in [4.69, 9.17) is 0 Å². The number of amides is 1. The fraction of sp³-hybridized carbons (Fsp3) is 0.227. The van der Waals surface area contributed by atoms with E-state index >= 15 is 0 Å². The Morgan fingerprint density at radius 2 is 1.77 bits per heavy atom. The van der Waals surface area contributed by atoms with Gasteiger partial charge in [0.05, 0.1) is 6.10 Å². The maximum Gasteiger partial charge on any atom is 0.253 e. The van der Waals surface area contributed by atoms with Gasteiger partial charge >= 0.3 is 0 Å². The van der Waals surface area contributed by atoms with Crippen LogP contribution in [0.25, 0.3) is 0 Å². The van der Waals surface area contributed by atoms with Gasteiger partial charge in [0, 0.05) is 13.1 Å². The second-order valence-electron chi connectivity index (χ2n) is 7.14. The van der Waals surface area contributed by atoms with E-state index in [0.717, 1.165) is 22.5 Å². The van der Waals surface area contributed by atoms with Gasteiger partial charge in [-0.05, 0) is 34.6 Å². The standard InChI is InChI=1S/C22H22N2O4S2/c25-20(16-7-2-1-3-8-16)14-23-22(26)19-13-17-9-4-5-10-18(17)15-24(19)30(27,28)21-11-6-12-29-21/h1-12,19-20,25H,13-15H2,(H,23,26). The smallest absolute Gasteiger partial charge is 0.253 e. The van der Waals surface area contributed by atoms with Crippen LogP contribution in [-0.4, -0.2) is 36.3 Å². The second-order valence-corrected chi connectivity index (χ2v) is 10.2. The lowest BCUT2D eigenvalue weighted by Crippen LogP contribution is -2.52. The van der Waals surface area contributed by atoms with Crippen molar-refractivity contribution in [3.05, 3.63) is 88.8 Å². The maximum absolute atomic E-state index is 13.2. The molecule has 0 bridgehead atoms. The quantitative estimate of drug-likeness (QED) is 0.615. The number of carbonyl (C=O) groups is 1. The first-order valence-corrected chi connectivity index (χ1v) is 11.9. The van der Waals surface area contributed by atoms with Gasteiger partial charge in [-0.25, -0.2) is 8.42 Å². The largest absolute Gasteiger partial charge is 0.387 e. The Kier molecular flexibility index (Phi) is 6.01. The zero-order chi connectivity index (χ0) is 21.1. The van der Waals surface area contributed by atoms with E-state index in [1.807, 2.05) is 42.5 Å². The highest BCUT2D eigenvalue weighted by atomic mass is 32.2. The molecule has 1 aliphatic heterocycles. The third-order valence-electron chi connectivity index (χ3n) is 5.22. The first-order valence-electron chi connectivity index (χ1n) is 9.59. The van der Waals surface area contributed by atoms with Crippen LogP contribution < -0.4 is 5.32 Å². The lowest BCUT2D eigenvalue weighted by Gasteiger charge is -2.34. The predicted molar refractivity (Wildman–Crippen MR) is 115 cm³/mol. The Hall–Kier alpha value is -2.52. The van der Waals surface area contributed by atoms with Crippen molar-refractivity contribution >= 4 is 27.3 Å². The molecule has 1 aliphatic rings. The zero-order valence-electron chi connectivity index (χ0n) is 16.1. The predicted octanol–water partition coefficient (Wildman–Crippen LogP) is 2.71. The normalized spacial score (nSPS) is 17.8. The molecule has 156 valence electrons. The van der Waals surface area contributed by atoms with Gasteiger partial charge in [0.15, 0.2) is 0 Å². The number of hydrogen-bond donors (Lipinski definition) is 2. The number of thiophene rings is 1. The maximum atomic E-state index is 13.2. The molecule has 0 aliphatic carbocycles. The minimum atomic E-state index is -3.82. The fourth-order valence-corrected chi connectivity index (χ4v) is 6.29. The van der Waals surface area contributed by atoms with Crippen LogP contribution in [0.4, 0.5) is 0 Å². The molecule has 0 saturated carbocycles. The topological polar surface area (TPSA) is 86.7 Å². The van der Waals surface area contributed by atoms with Gasteiger partial charge in [0.1, 0.15) is 10.3 Å². The van der Waals surface area contributed by atoms with Gasteiger partial charge in [0.2, 0.25) is 5.91 Å². The molecular weight excluding hydrogens is 420 g/mol. The molecule has 0 spiro atoms. The van der Waals surface area contributed by atoms with Crippen LogP contribution in [0, 0.1) is 0 Å². The summed E-state index contributed by atoms with van der Waals surface area (Å²) in [5, 5.41) is 14.8. The average Bonchev–Trinajstić information content (AvgIpc) is 3.33. The molecule has 1 aromatic heterocycles. The van der Waals surface area contributed by atoms with Crippen molar-refractivity contribution in [2.45, 2.75) is 29.3 Å². The number of nitrogens with one attached hydrogen (secondary N) is 1. The van der Waals surface area contributed by atoms with Crippen molar-refractivity contribution in [1.82, 2.24) is 9.62 Å². The van der Waals surface area contributed by atoms with E-state index in [1.165, 1.54) is 4.31 Å². The number of carbonyl (C=O) groups excluding carboxylic acids is 1. The molecule has 1 amide bonds. The minimum absolute atomic E-state index is 0.00782. The highest BCUT2D eigenvalue weighted by molar-refractivity contribution is 7.91. The number of fused-ring (bicyclic) bond motifs is 1. The molecule has 2 N–H and O–H groups in total. The summed E-state index contributed by atoms with van der Waals surface area (Å²) in [7, 11) is -3.82. The third kappa shape index (κ3) is 4.17. The minimum Gasteiger partial charge on any atom is -0.387 e. The molecule has 2 unspecified atom stereocenters. The van der Waals surface area contributed by atoms with Crippen LogP contribution in [0.1, 0.15) is 22.8 Å². The Morgan fingerprint density at radius 1 is 1.07 bits per heavy atom. The first kappa shape index (κ1) is 20.7. The first-order chi connectivity index (χ1) is 14.5. The van der Waals surface area contributed by atoms with Crippen molar-refractivity contribution in [3.63, 3.8) is 0 Å². The molecule has 0 fully saturated rings. The number of hydrogen-bond acceptors (Lipinski definition) is 5. The number of nitrogens with zero attached hydrogens (tertiary/aromatic N) is 1. The summed E-state index contributed by atoms with van der Waals surface area (Å²) in [5.74, 6) is -0.417. The summed E-state index contributed by atoms with van der Waals surface area (Å²) < 4.78 is 28.0. The van der Waals surface area contributed by atoms with Crippen molar-refractivity contribution in [1.29, 1.82) is 0 Å². The molecule has 2 heterocycles. The van der Waals surface area contributed by atoms with Gasteiger partial charge in [-0.2, -0.15) is 4.31 Å². The zero-order valence-corrected chi connectivity index (χ0v) is 17.8. The molecule has 0 saturated heterocycles. The van der Waals surface area contributed by atoms with Gasteiger partial charge in [0.25, 0.3) is 10.0 Å². The van der Waals surface area contributed by atoms with Crippen LogP contribution in [-0.2, 0) is 27.8 Å². The highest BCUT2D eigenvalue weighted by Gasteiger charge is 2.40. The summed E-state index contributed by atoms with van der Waals surface area (Å²) >= 11 is 1.13. The van der Waals surface area contributed by atoms with Gasteiger partial charge < -0.3 is 10.4 Å². The molecule has 3 aromatic rings. The Bertz CT molecular complexity index is 1120. The number of rotatable bonds is 6. The molecule has 2 atom stereocenters. The number of sulfonamides is 1. The number of benzene rings is 2. The molecule has 2 aromatic carbocycles. The molecule has 30 heavy (non-hydrogen) atoms. The molecule has 8 heteroatoms. The summed E-state index contributed by atoms with van der Waals surface area (Å²) in [5.41, 5.74) is 2.54. The monoisotopic (exact) mass is 442 g/mol. The van der Waals surface area contributed by atoms with Crippen molar-refractivity contribution < 1.29 is 18.3 Å². The molecule has 4 rings (SSSR count). The number of aliphatic hydroxyl groups is 1. The highest BCUT2D eigenvalue weighted by Crippen LogP contribution is 2.31. The number of aliphatic hydroxyl groups excluding tert-OH is 1. The Labute approximate surface area is 179 Å². The summed E-state index contributed by atoms with van der Waals surface area (Å²) in [6.07, 6.45) is -0.581. The van der Waals surface area contributed by atoms with Crippen LogP contribution in [0.3, 0.4) is 0 Å². The Balaban J connectivity index is 1.57. The fourth-order valence-electron chi connectivity index (χ4n) is 3.61.